The monoisotopic (exact) mass is 327 g/mol. The highest BCUT2D eigenvalue weighted by atomic mass is 35.5. The lowest BCUT2D eigenvalue weighted by Crippen LogP contribution is -2.57. The van der Waals surface area contributed by atoms with Gasteiger partial charge in [0.05, 0.1) is 15.8 Å². The highest BCUT2D eigenvalue weighted by molar-refractivity contribution is 7.17. The maximum Gasteiger partial charge on any atom is 0.264 e. The zero-order valence-electron chi connectivity index (χ0n) is 11.7. The van der Waals surface area contributed by atoms with Crippen molar-refractivity contribution in [3.63, 3.8) is 0 Å². The van der Waals surface area contributed by atoms with Crippen LogP contribution in [0, 0.1) is 0 Å². The fourth-order valence-corrected chi connectivity index (χ4v) is 4.00. The molecule has 2 amide bonds. The fourth-order valence-electron chi connectivity index (χ4n) is 2.99. The van der Waals surface area contributed by atoms with E-state index in [1.54, 1.807) is 12.1 Å². The van der Waals surface area contributed by atoms with Crippen LogP contribution in [0.2, 0.25) is 4.34 Å². The summed E-state index contributed by atoms with van der Waals surface area (Å²) in [5, 5.41) is 3.08. The van der Waals surface area contributed by atoms with Gasteiger partial charge in [-0.2, -0.15) is 0 Å². The molecule has 0 bridgehead atoms. The summed E-state index contributed by atoms with van der Waals surface area (Å²) in [5.74, 6) is 0.166. The van der Waals surface area contributed by atoms with Crippen molar-refractivity contribution in [2.24, 2.45) is 0 Å². The Kier molecular flexibility index (Phi) is 4.47. The molecule has 0 aliphatic carbocycles. The second-order valence-electron chi connectivity index (χ2n) is 5.41. The lowest BCUT2D eigenvalue weighted by Gasteiger charge is -2.41. The molecule has 0 radical (unpaired) electrons. The van der Waals surface area contributed by atoms with Crippen molar-refractivity contribution in [2.75, 3.05) is 32.7 Å². The van der Waals surface area contributed by atoms with Crippen LogP contribution >= 0.6 is 22.9 Å². The van der Waals surface area contributed by atoms with Crippen LogP contribution in [0.15, 0.2) is 12.1 Å². The third-order valence-corrected chi connectivity index (χ3v) is 5.25. The molecule has 1 aromatic heterocycles. The van der Waals surface area contributed by atoms with E-state index in [0.29, 0.717) is 22.3 Å². The zero-order chi connectivity index (χ0) is 14.8. The third kappa shape index (κ3) is 3.22. The average molecular weight is 328 g/mol. The van der Waals surface area contributed by atoms with Gasteiger partial charge in [-0.25, -0.2) is 0 Å². The summed E-state index contributed by atoms with van der Waals surface area (Å²) in [5.41, 5.74) is 0. The van der Waals surface area contributed by atoms with E-state index in [1.807, 2.05) is 9.80 Å². The maximum absolute atomic E-state index is 12.5. The minimum atomic E-state index is 0.0270. The predicted molar refractivity (Wildman–Crippen MR) is 82.8 cm³/mol. The van der Waals surface area contributed by atoms with E-state index in [-0.39, 0.29) is 17.9 Å². The van der Waals surface area contributed by atoms with Crippen molar-refractivity contribution in [3.05, 3.63) is 21.3 Å². The van der Waals surface area contributed by atoms with Crippen LogP contribution in [-0.2, 0) is 4.79 Å². The maximum atomic E-state index is 12.5. The smallest absolute Gasteiger partial charge is 0.264 e. The molecule has 0 spiro atoms. The van der Waals surface area contributed by atoms with Crippen molar-refractivity contribution in [2.45, 2.75) is 18.9 Å². The topological polar surface area (TPSA) is 52.7 Å². The van der Waals surface area contributed by atoms with Gasteiger partial charge in [0.1, 0.15) is 0 Å². The van der Waals surface area contributed by atoms with Crippen molar-refractivity contribution in [1.82, 2.24) is 15.1 Å². The first-order valence-electron chi connectivity index (χ1n) is 7.20. The van der Waals surface area contributed by atoms with Gasteiger partial charge < -0.3 is 15.1 Å². The number of carbonyl (C=O) groups excluding carboxylic acids is 2. The van der Waals surface area contributed by atoms with Crippen LogP contribution in [0.1, 0.15) is 22.5 Å². The number of halogens is 1. The number of nitrogens with one attached hydrogen (secondary N) is 1. The molecular formula is C14H18ClN3O2S. The Morgan fingerprint density at radius 1 is 1.38 bits per heavy atom. The number of hydrogen-bond acceptors (Lipinski definition) is 4. The number of thiophene rings is 1. The number of amides is 2. The number of hydrogen-bond donors (Lipinski definition) is 1. The molecule has 1 aromatic rings. The van der Waals surface area contributed by atoms with Gasteiger partial charge in [-0.3, -0.25) is 9.59 Å². The summed E-state index contributed by atoms with van der Waals surface area (Å²) in [6, 6.07) is 3.67. The molecular weight excluding hydrogens is 310 g/mol. The van der Waals surface area contributed by atoms with Gasteiger partial charge in [0.25, 0.3) is 5.91 Å². The van der Waals surface area contributed by atoms with E-state index >= 15 is 0 Å². The highest BCUT2D eigenvalue weighted by Crippen LogP contribution is 2.25. The fraction of sp³-hybridized carbons (Fsp3) is 0.571. The first-order valence-corrected chi connectivity index (χ1v) is 8.39. The Morgan fingerprint density at radius 2 is 2.24 bits per heavy atom. The quantitative estimate of drug-likeness (QED) is 0.894. The van der Waals surface area contributed by atoms with Gasteiger partial charge in [0.15, 0.2) is 0 Å². The molecule has 2 saturated heterocycles. The molecule has 21 heavy (non-hydrogen) atoms. The molecule has 114 valence electrons. The number of carbonyl (C=O) groups is 2. The lowest BCUT2D eigenvalue weighted by atomic mass is 10.0. The summed E-state index contributed by atoms with van der Waals surface area (Å²) in [7, 11) is 0. The van der Waals surface area contributed by atoms with E-state index in [9.17, 15) is 9.59 Å². The molecule has 0 saturated carbocycles. The van der Waals surface area contributed by atoms with Crippen LogP contribution in [0.4, 0.5) is 0 Å². The molecule has 7 heteroatoms. The Labute approximate surface area is 132 Å². The molecule has 0 aromatic carbocycles. The molecule has 3 rings (SSSR count). The highest BCUT2D eigenvalue weighted by Gasteiger charge is 2.32. The van der Waals surface area contributed by atoms with E-state index < -0.39 is 0 Å². The number of likely N-dealkylation sites (tertiary alicyclic amines) is 1. The molecule has 2 fully saturated rings. The molecule has 1 unspecified atom stereocenters. The Bertz CT molecular complexity index is 548. The second-order valence-corrected chi connectivity index (χ2v) is 7.13. The van der Waals surface area contributed by atoms with Gasteiger partial charge in [-0.15, -0.1) is 11.3 Å². The van der Waals surface area contributed by atoms with Gasteiger partial charge in [-0.05, 0) is 25.0 Å². The van der Waals surface area contributed by atoms with Crippen LogP contribution in [-0.4, -0.2) is 60.4 Å². The van der Waals surface area contributed by atoms with Gasteiger partial charge in [0, 0.05) is 32.2 Å². The first kappa shape index (κ1) is 14.8. The summed E-state index contributed by atoms with van der Waals surface area (Å²) >= 11 is 7.21. The Balaban J connectivity index is 1.68. The van der Waals surface area contributed by atoms with Crippen molar-refractivity contribution < 1.29 is 9.59 Å². The molecule has 2 aliphatic heterocycles. The standard InChI is InChI=1S/C14H18ClN3O2S/c15-12-4-3-11(21-12)14(20)17-6-1-2-10(9-17)18-7-5-16-8-13(18)19/h3-4,10,16H,1-2,5-9H2. The minimum Gasteiger partial charge on any atom is -0.336 e. The van der Waals surface area contributed by atoms with Gasteiger partial charge in [0.2, 0.25) is 5.91 Å². The van der Waals surface area contributed by atoms with Crippen LogP contribution in [0.5, 0.6) is 0 Å². The van der Waals surface area contributed by atoms with Crippen LogP contribution < -0.4 is 5.32 Å². The molecule has 2 aliphatic rings. The normalized spacial score (nSPS) is 23.5. The van der Waals surface area contributed by atoms with Crippen molar-refractivity contribution >= 4 is 34.8 Å². The summed E-state index contributed by atoms with van der Waals surface area (Å²) in [4.78, 5) is 28.9. The molecule has 3 heterocycles. The van der Waals surface area contributed by atoms with E-state index in [1.165, 1.54) is 11.3 Å². The van der Waals surface area contributed by atoms with E-state index in [0.717, 1.165) is 32.5 Å². The third-order valence-electron chi connectivity index (χ3n) is 4.03. The molecule has 1 atom stereocenters. The second kappa shape index (κ2) is 6.34. The van der Waals surface area contributed by atoms with E-state index in [4.69, 9.17) is 11.6 Å². The zero-order valence-corrected chi connectivity index (χ0v) is 13.3. The Hall–Kier alpha value is -1.11. The van der Waals surface area contributed by atoms with Gasteiger partial charge >= 0.3 is 0 Å². The Morgan fingerprint density at radius 3 is 2.95 bits per heavy atom. The van der Waals surface area contributed by atoms with Crippen molar-refractivity contribution in [3.8, 4) is 0 Å². The van der Waals surface area contributed by atoms with Crippen molar-refractivity contribution in [1.29, 1.82) is 0 Å². The van der Waals surface area contributed by atoms with Crippen LogP contribution in [0.25, 0.3) is 0 Å². The number of piperazine rings is 1. The first-order chi connectivity index (χ1) is 10.1. The summed E-state index contributed by atoms with van der Waals surface area (Å²) in [6.45, 7) is 3.35. The van der Waals surface area contributed by atoms with E-state index in [2.05, 4.69) is 5.32 Å². The molecule has 1 N–H and O–H groups in total. The predicted octanol–water partition coefficient (Wildman–Crippen LogP) is 1.44. The number of piperidine rings is 1. The SMILES string of the molecule is O=C(c1ccc(Cl)s1)N1CCCC(N2CCNCC2=O)C1. The van der Waals surface area contributed by atoms with Gasteiger partial charge in [-0.1, -0.05) is 11.6 Å². The number of rotatable bonds is 2. The summed E-state index contributed by atoms with van der Waals surface area (Å²) in [6.07, 6.45) is 1.91. The largest absolute Gasteiger partial charge is 0.336 e. The summed E-state index contributed by atoms with van der Waals surface area (Å²) < 4.78 is 0.629. The molecule has 5 nitrogen and oxygen atoms in total. The average Bonchev–Trinajstić information content (AvgIpc) is 2.94. The number of nitrogens with zero attached hydrogens (tertiary/aromatic N) is 2. The minimum absolute atomic E-state index is 0.0270. The van der Waals surface area contributed by atoms with Crippen LogP contribution in [0.3, 0.4) is 0 Å². The lowest BCUT2D eigenvalue weighted by molar-refractivity contribution is -0.135.